The maximum Gasteiger partial charge on any atom is 0.319 e. The first-order valence-electron chi connectivity index (χ1n) is 11.6. The summed E-state index contributed by atoms with van der Waals surface area (Å²) in [6, 6.07) is 10.0. The lowest BCUT2D eigenvalue weighted by molar-refractivity contribution is 0.243. The van der Waals surface area contributed by atoms with Gasteiger partial charge in [-0.2, -0.15) is 0 Å². The Hall–Kier alpha value is -3.73. The van der Waals surface area contributed by atoms with Gasteiger partial charge in [-0.25, -0.2) is 17.6 Å². The van der Waals surface area contributed by atoms with Crippen molar-refractivity contribution in [3.05, 3.63) is 79.9 Å². The smallest absolute Gasteiger partial charge is 0.319 e. The van der Waals surface area contributed by atoms with Crippen molar-refractivity contribution in [2.24, 2.45) is 0 Å². The van der Waals surface area contributed by atoms with Gasteiger partial charge < -0.3 is 16.0 Å². The number of benzene rings is 2. The maximum absolute atomic E-state index is 13.4. The number of nitrogens with one attached hydrogen (secondary N) is 4. The molecule has 0 unspecified atom stereocenters. The lowest BCUT2D eigenvalue weighted by Gasteiger charge is -2.31. The van der Waals surface area contributed by atoms with Crippen LogP contribution < -0.4 is 31.5 Å². The van der Waals surface area contributed by atoms with E-state index in [9.17, 15) is 27.2 Å². The van der Waals surface area contributed by atoms with Crippen molar-refractivity contribution in [1.82, 2.24) is 5.32 Å². The molecule has 0 heterocycles. The largest absolute Gasteiger partial charge is 0.377 e. The number of carbonyl (C=O) groups is 1. The zero-order valence-corrected chi connectivity index (χ0v) is 20.7. The van der Waals surface area contributed by atoms with Gasteiger partial charge in [0.2, 0.25) is 0 Å². The van der Waals surface area contributed by atoms with Crippen molar-refractivity contribution in [2.45, 2.75) is 56.5 Å². The first kappa shape index (κ1) is 25.4. The molecule has 190 valence electrons. The zero-order chi connectivity index (χ0) is 26.0. The third-order valence-corrected chi connectivity index (χ3v) is 7.87. The number of urea groups is 1. The molecule has 1 saturated carbocycles. The van der Waals surface area contributed by atoms with E-state index in [1.165, 1.54) is 18.2 Å². The fourth-order valence-corrected chi connectivity index (χ4v) is 5.66. The molecule has 0 aliphatic heterocycles. The minimum Gasteiger partial charge on any atom is -0.377 e. The lowest BCUT2D eigenvalue weighted by Crippen LogP contribution is -2.44. The van der Waals surface area contributed by atoms with Crippen LogP contribution in [0.3, 0.4) is 0 Å². The number of sulfonamides is 1. The minimum absolute atomic E-state index is 0.0296. The van der Waals surface area contributed by atoms with Crippen LogP contribution >= 0.6 is 0 Å². The molecule has 36 heavy (non-hydrogen) atoms. The fourth-order valence-electron chi connectivity index (χ4n) is 4.34. The average Bonchev–Trinajstić information content (AvgIpc) is 2.84. The molecule has 11 heteroatoms. The number of hydrogen-bond acceptors (Lipinski definition) is 6. The monoisotopic (exact) mass is 514 g/mol. The summed E-state index contributed by atoms with van der Waals surface area (Å²) in [7, 11) is -4.03. The topological polar surface area (TPSA) is 133 Å². The quantitative estimate of drug-likeness (QED) is 0.357. The second-order valence-corrected chi connectivity index (χ2v) is 10.7. The maximum atomic E-state index is 13.4. The van der Waals surface area contributed by atoms with Crippen molar-refractivity contribution in [1.29, 1.82) is 0 Å². The highest BCUT2D eigenvalue weighted by atomic mass is 32.2. The van der Waals surface area contributed by atoms with Gasteiger partial charge in [0.1, 0.15) is 17.2 Å². The molecule has 0 spiro atoms. The van der Waals surface area contributed by atoms with Crippen LogP contribution in [0.25, 0.3) is 0 Å². The number of aryl methyl sites for hydroxylation is 2. The van der Waals surface area contributed by atoms with Gasteiger partial charge in [-0.3, -0.25) is 14.3 Å². The Morgan fingerprint density at radius 3 is 2.19 bits per heavy atom. The van der Waals surface area contributed by atoms with Crippen LogP contribution in [-0.2, 0) is 10.0 Å². The molecule has 0 radical (unpaired) electrons. The summed E-state index contributed by atoms with van der Waals surface area (Å²) in [5.41, 5.74) is -0.483. The summed E-state index contributed by atoms with van der Waals surface area (Å²) >= 11 is 0. The Morgan fingerprint density at radius 1 is 0.889 bits per heavy atom. The molecule has 4 N–H and O–H groups in total. The molecule has 9 nitrogen and oxygen atoms in total. The molecule has 1 aliphatic rings. The highest BCUT2D eigenvalue weighted by Crippen LogP contribution is 2.26. The van der Waals surface area contributed by atoms with Crippen LogP contribution in [-0.4, -0.2) is 26.5 Å². The van der Waals surface area contributed by atoms with E-state index in [4.69, 9.17) is 0 Å². The molecule has 3 aromatic carbocycles. The third-order valence-electron chi connectivity index (χ3n) is 6.36. The number of halogens is 1. The Kier molecular flexibility index (Phi) is 7.11. The molecule has 1 fully saturated rings. The second-order valence-electron chi connectivity index (χ2n) is 9.03. The Labute approximate surface area is 207 Å². The Bertz CT molecular complexity index is 1470. The second kappa shape index (κ2) is 10.1. The lowest BCUT2D eigenvalue weighted by atomic mass is 9.91. The molecule has 4 rings (SSSR count). The highest BCUT2D eigenvalue weighted by molar-refractivity contribution is 7.92. The van der Waals surface area contributed by atoms with E-state index in [1.807, 2.05) is 0 Å². The van der Waals surface area contributed by atoms with Gasteiger partial charge in [-0.15, -0.1) is 0 Å². The van der Waals surface area contributed by atoms with E-state index in [0.717, 1.165) is 0 Å². The predicted octanol–water partition coefficient (Wildman–Crippen LogP) is 3.38. The van der Waals surface area contributed by atoms with E-state index in [0.29, 0.717) is 42.5 Å². The molecule has 0 bridgehead atoms. The summed E-state index contributed by atoms with van der Waals surface area (Å²) < 4.78 is 41.2. The van der Waals surface area contributed by atoms with Crippen LogP contribution in [0.1, 0.15) is 36.8 Å². The van der Waals surface area contributed by atoms with Gasteiger partial charge in [-0.1, -0.05) is 18.2 Å². The normalized spacial score (nSPS) is 18.0. The van der Waals surface area contributed by atoms with Crippen LogP contribution in [0.2, 0.25) is 0 Å². The first-order chi connectivity index (χ1) is 17.0. The van der Waals surface area contributed by atoms with Crippen LogP contribution in [0.4, 0.5) is 26.2 Å². The average molecular weight is 515 g/mol. The first-order valence-corrected chi connectivity index (χ1v) is 13.1. The molecule has 2 amide bonds. The summed E-state index contributed by atoms with van der Waals surface area (Å²) in [5, 5.41) is 8.59. The van der Waals surface area contributed by atoms with E-state index in [2.05, 4.69) is 20.7 Å². The van der Waals surface area contributed by atoms with E-state index in [1.54, 1.807) is 38.1 Å². The Balaban J connectivity index is 1.33. The van der Waals surface area contributed by atoms with Gasteiger partial charge in [0.05, 0.1) is 4.90 Å². The molecular formula is C25H27FN4O5S. The third kappa shape index (κ3) is 5.40. The number of hydrogen-bond donors (Lipinski definition) is 4. The van der Waals surface area contributed by atoms with Gasteiger partial charge in [0, 0.05) is 17.8 Å². The highest BCUT2D eigenvalue weighted by Gasteiger charge is 2.30. The molecular weight excluding hydrogens is 487 g/mol. The minimum atomic E-state index is -4.03. The van der Waals surface area contributed by atoms with Gasteiger partial charge in [0.15, 0.2) is 0 Å². The van der Waals surface area contributed by atoms with Crippen LogP contribution in [0.5, 0.6) is 0 Å². The number of carbonyl (C=O) groups excluding carboxylic acids is 1. The van der Waals surface area contributed by atoms with Gasteiger partial charge >= 0.3 is 6.03 Å². The number of anilines is 3. The molecule has 0 aromatic heterocycles. The summed E-state index contributed by atoms with van der Waals surface area (Å²) in [6.45, 7) is 3.25. The molecule has 0 atom stereocenters. The standard InChI is InChI=1S/C25H27FN4O5S/c1-14-5-3-4-6-20(14)36(34,35)30-22-21(23(31)24(22)32)27-16-7-9-17(10-8-16)28-25(33)29-18-11-12-19(26)15(2)13-18/h3-6,11-13,16-17,27,30H,7-10H2,1-2H3,(H2,28,29,33). The van der Waals surface area contributed by atoms with Crippen molar-refractivity contribution in [2.75, 3.05) is 15.4 Å². The fraction of sp³-hybridized carbons (Fsp3) is 0.320. The molecule has 1 aliphatic carbocycles. The van der Waals surface area contributed by atoms with Gasteiger partial charge in [0.25, 0.3) is 20.9 Å². The van der Waals surface area contributed by atoms with Crippen molar-refractivity contribution >= 4 is 33.1 Å². The summed E-state index contributed by atoms with van der Waals surface area (Å²) in [4.78, 5) is 36.6. The van der Waals surface area contributed by atoms with Crippen molar-refractivity contribution in [3.8, 4) is 0 Å². The number of rotatable bonds is 7. The van der Waals surface area contributed by atoms with Crippen molar-refractivity contribution in [3.63, 3.8) is 0 Å². The van der Waals surface area contributed by atoms with Crippen molar-refractivity contribution < 1.29 is 17.6 Å². The van der Waals surface area contributed by atoms with Gasteiger partial charge in [-0.05, 0) is 74.9 Å². The summed E-state index contributed by atoms with van der Waals surface area (Å²) in [6.07, 6.45) is 2.44. The van der Waals surface area contributed by atoms with E-state index in [-0.39, 0.29) is 34.2 Å². The Morgan fingerprint density at radius 2 is 1.53 bits per heavy atom. The zero-order valence-electron chi connectivity index (χ0n) is 19.9. The van der Waals surface area contributed by atoms with E-state index < -0.39 is 26.9 Å². The van der Waals surface area contributed by atoms with Crippen LogP contribution in [0.15, 0.2) is 56.9 Å². The SMILES string of the molecule is Cc1cc(NC(=O)NC2CCC(Nc3c(NS(=O)(=O)c4ccccc4C)c(=O)c3=O)CC2)ccc1F. The summed E-state index contributed by atoms with van der Waals surface area (Å²) in [5.74, 6) is -0.348. The molecule has 0 saturated heterocycles. The number of amides is 2. The predicted molar refractivity (Wildman–Crippen MR) is 136 cm³/mol. The molecule has 3 aromatic rings. The van der Waals surface area contributed by atoms with Crippen LogP contribution in [0, 0.1) is 19.7 Å². The van der Waals surface area contributed by atoms with E-state index >= 15 is 0 Å².